The fourth-order valence-corrected chi connectivity index (χ4v) is 4.21. The van der Waals surface area contributed by atoms with Crippen molar-refractivity contribution in [2.24, 2.45) is 7.05 Å². The highest BCUT2D eigenvalue weighted by Gasteiger charge is 2.49. The molecule has 6 nitrogen and oxygen atoms in total. The van der Waals surface area contributed by atoms with E-state index >= 15 is 0 Å². The zero-order valence-corrected chi connectivity index (χ0v) is 13.6. The maximum atomic E-state index is 12.2. The lowest BCUT2D eigenvalue weighted by Gasteiger charge is -2.27. The van der Waals surface area contributed by atoms with Crippen molar-refractivity contribution >= 4 is 17.7 Å². The predicted molar refractivity (Wildman–Crippen MR) is 80.1 cm³/mol. The van der Waals surface area contributed by atoms with Crippen molar-refractivity contribution in [2.45, 2.75) is 61.0 Å². The number of esters is 1. The average molecular weight is 310 g/mol. The van der Waals surface area contributed by atoms with Gasteiger partial charge in [0.25, 0.3) is 0 Å². The van der Waals surface area contributed by atoms with E-state index in [2.05, 4.69) is 15.5 Å². The third-order valence-corrected chi connectivity index (χ3v) is 5.73. The van der Waals surface area contributed by atoms with Crippen LogP contribution in [0.25, 0.3) is 0 Å². The molecule has 0 aromatic carbocycles. The molecule has 1 heterocycles. The van der Waals surface area contributed by atoms with E-state index in [1.165, 1.54) is 20.0 Å². The third kappa shape index (κ3) is 2.94. The first-order valence-corrected chi connectivity index (χ1v) is 8.31. The van der Waals surface area contributed by atoms with Crippen molar-refractivity contribution in [1.82, 2.24) is 20.1 Å². The summed E-state index contributed by atoms with van der Waals surface area (Å²) in [5.74, 6) is 0.789. The standard InChI is InChI=1S/C14H22N4O2S/c1-9-16-17-13(18(9)2)21-11-6-7-14(8-11,12(19)20-3)15-10-4-5-10/h10-11,15H,4-8H2,1-3H3. The van der Waals surface area contributed by atoms with Gasteiger partial charge in [-0.2, -0.15) is 0 Å². The Labute approximate surface area is 129 Å². The summed E-state index contributed by atoms with van der Waals surface area (Å²) < 4.78 is 7.05. The molecule has 1 N–H and O–H groups in total. The third-order valence-electron chi connectivity index (χ3n) is 4.43. The molecule has 0 radical (unpaired) electrons. The zero-order chi connectivity index (χ0) is 15.0. The van der Waals surface area contributed by atoms with E-state index in [-0.39, 0.29) is 5.97 Å². The van der Waals surface area contributed by atoms with Gasteiger partial charge in [-0.25, -0.2) is 0 Å². The summed E-state index contributed by atoms with van der Waals surface area (Å²) in [5, 5.41) is 13.1. The zero-order valence-electron chi connectivity index (χ0n) is 12.8. The number of hydrogen-bond acceptors (Lipinski definition) is 6. The molecule has 0 amide bonds. The second kappa shape index (κ2) is 5.61. The number of nitrogens with one attached hydrogen (secondary N) is 1. The molecule has 3 rings (SSSR count). The number of ether oxygens (including phenoxy) is 1. The van der Waals surface area contributed by atoms with Crippen molar-refractivity contribution in [3.8, 4) is 0 Å². The molecule has 2 aliphatic carbocycles. The van der Waals surface area contributed by atoms with Gasteiger partial charge in [0.05, 0.1) is 7.11 Å². The molecule has 7 heteroatoms. The number of thioether (sulfide) groups is 1. The number of carbonyl (C=O) groups is 1. The van der Waals surface area contributed by atoms with Crippen LogP contribution in [0.1, 0.15) is 37.9 Å². The van der Waals surface area contributed by atoms with Crippen LogP contribution in [0.15, 0.2) is 5.16 Å². The molecule has 0 saturated heterocycles. The molecule has 2 saturated carbocycles. The van der Waals surface area contributed by atoms with Crippen LogP contribution in [0, 0.1) is 6.92 Å². The molecule has 2 atom stereocenters. The highest BCUT2D eigenvalue weighted by molar-refractivity contribution is 7.99. The van der Waals surface area contributed by atoms with Crippen LogP contribution in [0.5, 0.6) is 0 Å². The molecular weight excluding hydrogens is 288 g/mol. The maximum absolute atomic E-state index is 12.2. The van der Waals surface area contributed by atoms with E-state index in [0.29, 0.717) is 11.3 Å². The van der Waals surface area contributed by atoms with Crippen LogP contribution in [0.3, 0.4) is 0 Å². The summed E-state index contributed by atoms with van der Waals surface area (Å²) in [6.45, 7) is 1.94. The number of methoxy groups -OCH3 is 1. The Morgan fingerprint density at radius 3 is 2.76 bits per heavy atom. The highest BCUT2D eigenvalue weighted by Crippen LogP contribution is 2.42. The predicted octanol–water partition coefficient (Wildman–Crippen LogP) is 1.43. The number of nitrogens with zero attached hydrogens (tertiary/aromatic N) is 3. The van der Waals surface area contributed by atoms with Gasteiger partial charge < -0.3 is 9.30 Å². The molecule has 0 aliphatic heterocycles. The Balaban J connectivity index is 1.69. The molecule has 2 aliphatic rings. The molecule has 116 valence electrons. The van der Waals surface area contributed by atoms with Gasteiger partial charge in [-0.05, 0) is 39.0 Å². The van der Waals surface area contributed by atoms with Gasteiger partial charge in [0, 0.05) is 18.3 Å². The lowest BCUT2D eigenvalue weighted by Crippen LogP contribution is -2.52. The van der Waals surface area contributed by atoms with E-state index in [1.807, 2.05) is 18.5 Å². The Hall–Kier alpha value is -1.08. The van der Waals surface area contributed by atoms with E-state index < -0.39 is 5.54 Å². The Kier molecular flexibility index (Phi) is 3.96. The van der Waals surface area contributed by atoms with Gasteiger partial charge >= 0.3 is 5.97 Å². The van der Waals surface area contributed by atoms with Crippen LogP contribution >= 0.6 is 11.8 Å². The molecule has 0 spiro atoms. The SMILES string of the molecule is COC(=O)C1(NC2CC2)CCC(Sc2nnc(C)n2C)C1. The topological polar surface area (TPSA) is 69.0 Å². The lowest BCUT2D eigenvalue weighted by molar-refractivity contribution is -0.148. The summed E-state index contributed by atoms with van der Waals surface area (Å²) in [7, 11) is 3.45. The van der Waals surface area contributed by atoms with Crippen molar-refractivity contribution in [3.63, 3.8) is 0 Å². The number of aryl methyl sites for hydroxylation is 1. The molecule has 2 fully saturated rings. The minimum atomic E-state index is -0.499. The number of carbonyl (C=O) groups excluding carboxylic acids is 1. The molecule has 21 heavy (non-hydrogen) atoms. The van der Waals surface area contributed by atoms with Gasteiger partial charge in [0.1, 0.15) is 11.4 Å². The quantitative estimate of drug-likeness (QED) is 0.830. The van der Waals surface area contributed by atoms with E-state index in [0.717, 1.165) is 30.2 Å². The molecule has 1 aromatic heterocycles. The normalized spacial score (nSPS) is 28.8. The largest absolute Gasteiger partial charge is 0.468 e. The van der Waals surface area contributed by atoms with Gasteiger partial charge in [-0.3, -0.25) is 10.1 Å². The Morgan fingerprint density at radius 2 is 2.19 bits per heavy atom. The van der Waals surface area contributed by atoms with Gasteiger partial charge in [0.2, 0.25) is 0 Å². The van der Waals surface area contributed by atoms with E-state index in [4.69, 9.17) is 4.74 Å². The van der Waals surface area contributed by atoms with E-state index in [9.17, 15) is 4.79 Å². The summed E-state index contributed by atoms with van der Waals surface area (Å²) in [6, 6.07) is 0.491. The van der Waals surface area contributed by atoms with Crippen LogP contribution < -0.4 is 5.32 Å². The monoisotopic (exact) mass is 310 g/mol. The average Bonchev–Trinajstić information content (AvgIpc) is 3.12. The fourth-order valence-electron chi connectivity index (χ4n) is 2.93. The molecule has 0 bridgehead atoms. The van der Waals surface area contributed by atoms with E-state index in [1.54, 1.807) is 11.8 Å². The van der Waals surface area contributed by atoms with Crippen LogP contribution in [-0.4, -0.2) is 44.7 Å². The smallest absolute Gasteiger partial charge is 0.326 e. The Bertz CT molecular complexity index is 543. The van der Waals surface area contributed by atoms with Crippen LogP contribution in [0.2, 0.25) is 0 Å². The second-order valence-electron chi connectivity index (χ2n) is 6.06. The van der Waals surface area contributed by atoms with Crippen LogP contribution in [-0.2, 0) is 16.6 Å². The van der Waals surface area contributed by atoms with Gasteiger partial charge in [-0.1, -0.05) is 11.8 Å². The minimum Gasteiger partial charge on any atom is -0.468 e. The molecule has 1 aromatic rings. The molecule has 2 unspecified atom stereocenters. The second-order valence-corrected chi connectivity index (χ2v) is 7.33. The van der Waals surface area contributed by atoms with Crippen LogP contribution in [0.4, 0.5) is 0 Å². The molecular formula is C14H22N4O2S. The van der Waals surface area contributed by atoms with Gasteiger partial charge in [-0.15, -0.1) is 10.2 Å². The maximum Gasteiger partial charge on any atom is 0.326 e. The van der Waals surface area contributed by atoms with Gasteiger partial charge in [0.15, 0.2) is 5.16 Å². The van der Waals surface area contributed by atoms with Crippen molar-refractivity contribution in [2.75, 3.05) is 7.11 Å². The fraction of sp³-hybridized carbons (Fsp3) is 0.786. The van der Waals surface area contributed by atoms with Crippen molar-refractivity contribution < 1.29 is 9.53 Å². The first-order valence-electron chi connectivity index (χ1n) is 7.43. The number of aromatic nitrogens is 3. The summed E-state index contributed by atoms with van der Waals surface area (Å²) >= 11 is 1.72. The number of hydrogen-bond donors (Lipinski definition) is 1. The summed E-state index contributed by atoms with van der Waals surface area (Å²) in [4.78, 5) is 12.2. The van der Waals surface area contributed by atoms with Crippen molar-refractivity contribution in [1.29, 1.82) is 0 Å². The summed E-state index contributed by atoms with van der Waals surface area (Å²) in [6.07, 6.45) is 4.96. The minimum absolute atomic E-state index is 0.119. The first kappa shape index (κ1) is 14.8. The summed E-state index contributed by atoms with van der Waals surface area (Å²) in [5.41, 5.74) is -0.499. The highest BCUT2D eigenvalue weighted by atomic mass is 32.2. The number of rotatable bonds is 5. The Morgan fingerprint density at radius 1 is 1.43 bits per heavy atom. The first-order chi connectivity index (χ1) is 10.0. The van der Waals surface area contributed by atoms with Crippen molar-refractivity contribution in [3.05, 3.63) is 5.82 Å². The lowest BCUT2D eigenvalue weighted by atomic mass is 9.97.